The zero-order valence-electron chi connectivity index (χ0n) is 9.96. The van der Waals surface area contributed by atoms with Crippen molar-refractivity contribution in [1.82, 2.24) is 0 Å². The molecule has 1 aromatic heterocycles. The molecule has 0 atom stereocenters. The summed E-state index contributed by atoms with van der Waals surface area (Å²) >= 11 is 3.13. The maximum Gasteiger partial charge on any atom is 0.335 e. The Morgan fingerprint density at radius 1 is 1.16 bits per heavy atom. The second-order valence-corrected chi connectivity index (χ2v) is 4.60. The van der Waals surface area contributed by atoms with Crippen molar-refractivity contribution in [3.05, 3.63) is 52.4 Å². The molecule has 0 fully saturated rings. The van der Waals surface area contributed by atoms with Crippen molar-refractivity contribution in [2.24, 2.45) is 0 Å². The minimum Gasteiger partial charge on any atom is -0.478 e. The molecule has 19 heavy (non-hydrogen) atoms. The highest BCUT2D eigenvalue weighted by atomic mass is 79.9. The predicted molar refractivity (Wildman–Crippen MR) is 72.5 cm³/mol. The van der Waals surface area contributed by atoms with Crippen LogP contribution in [0, 0.1) is 0 Å². The van der Waals surface area contributed by atoms with Gasteiger partial charge in [0.25, 0.3) is 5.91 Å². The molecule has 1 amide bonds. The summed E-state index contributed by atoms with van der Waals surface area (Å²) < 4.78 is 5.66. The molecule has 2 aromatic rings. The second-order valence-electron chi connectivity index (χ2n) is 3.82. The third-order valence-electron chi connectivity index (χ3n) is 2.59. The van der Waals surface area contributed by atoms with Gasteiger partial charge in [-0.25, -0.2) is 4.79 Å². The molecule has 0 aliphatic rings. The standard InChI is InChI=1S/C13H10BrNO4/c1-15(12(16)10-6-7-11(14)19-10)9-4-2-8(3-5-9)13(17)18/h2-7H,1H3,(H,17,18). The molecule has 0 aliphatic carbocycles. The van der Waals surface area contributed by atoms with E-state index in [1.165, 1.54) is 17.0 Å². The Kier molecular flexibility index (Phi) is 3.71. The minimum absolute atomic E-state index is 0.172. The number of halogens is 1. The molecule has 0 aliphatic heterocycles. The fraction of sp³-hybridized carbons (Fsp3) is 0.0769. The van der Waals surface area contributed by atoms with Crippen molar-refractivity contribution >= 4 is 33.5 Å². The number of benzene rings is 1. The van der Waals surface area contributed by atoms with Crippen molar-refractivity contribution in [3.63, 3.8) is 0 Å². The average Bonchev–Trinajstić information content (AvgIpc) is 2.84. The van der Waals surface area contributed by atoms with Crippen LogP contribution < -0.4 is 4.90 Å². The highest BCUT2D eigenvalue weighted by molar-refractivity contribution is 9.10. The quantitative estimate of drug-likeness (QED) is 0.942. The van der Waals surface area contributed by atoms with Crippen molar-refractivity contribution in [2.45, 2.75) is 0 Å². The van der Waals surface area contributed by atoms with Crippen molar-refractivity contribution in [3.8, 4) is 0 Å². The largest absolute Gasteiger partial charge is 0.478 e. The van der Waals surface area contributed by atoms with Crippen molar-refractivity contribution < 1.29 is 19.1 Å². The zero-order valence-corrected chi connectivity index (χ0v) is 11.5. The van der Waals surface area contributed by atoms with Gasteiger partial charge in [-0.05, 0) is 52.3 Å². The maximum atomic E-state index is 12.1. The summed E-state index contributed by atoms with van der Waals surface area (Å²) in [6, 6.07) is 9.22. The average molecular weight is 324 g/mol. The Balaban J connectivity index is 2.21. The number of hydrogen-bond donors (Lipinski definition) is 1. The van der Waals surface area contributed by atoms with Crippen LogP contribution in [0.25, 0.3) is 0 Å². The van der Waals surface area contributed by atoms with Crippen molar-refractivity contribution in [2.75, 3.05) is 11.9 Å². The first-order valence-corrected chi connectivity index (χ1v) is 6.15. The Morgan fingerprint density at radius 2 is 1.79 bits per heavy atom. The van der Waals surface area contributed by atoms with E-state index in [2.05, 4.69) is 15.9 Å². The highest BCUT2D eigenvalue weighted by Crippen LogP contribution is 2.19. The molecule has 2 rings (SSSR count). The molecule has 1 N–H and O–H groups in total. The third kappa shape index (κ3) is 2.85. The summed E-state index contributed by atoms with van der Waals surface area (Å²) in [6.45, 7) is 0. The van der Waals surface area contributed by atoms with E-state index in [-0.39, 0.29) is 17.2 Å². The van der Waals surface area contributed by atoms with Gasteiger partial charge in [0.2, 0.25) is 0 Å². The van der Waals surface area contributed by atoms with Gasteiger partial charge < -0.3 is 14.4 Å². The van der Waals surface area contributed by atoms with E-state index in [4.69, 9.17) is 9.52 Å². The molecule has 6 heteroatoms. The van der Waals surface area contributed by atoms with Crippen LogP contribution in [-0.4, -0.2) is 24.0 Å². The highest BCUT2D eigenvalue weighted by Gasteiger charge is 2.17. The zero-order chi connectivity index (χ0) is 14.0. The Labute approximate surface area is 117 Å². The number of aromatic carboxylic acids is 1. The van der Waals surface area contributed by atoms with Crippen LogP contribution in [-0.2, 0) is 0 Å². The van der Waals surface area contributed by atoms with Crippen LogP contribution >= 0.6 is 15.9 Å². The van der Waals surface area contributed by atoms with E-state index in [9.17, 15) is 9.59 Å². The van der Waals surface area contributed by atoms with Gasteiger partial charge in [0.15, 0.2) is 10.4 Å². The molecule has 0 saturated heterocycles. The summed E-state index contributed by atoms with van der Waals surface area (Å²) in [6.07, 6.45) is 0. The lowest BCUT2D eigenvalue weighted by atomic mass is 10.2. The monoisotopic (exact) mass is 323 g/mol. The van der Waals surface area contributed by atoms with E-state index >= 15 is 0 Å². The Morgan fingerprint density at radius 3 is 2.26 bits per heavy atom. The van der Waals surface area contributed by atoms with Crippen LogP contribution in [0.1, 0.15) is 20.9 Å². The van der Waals surface area contributed by atoms with Crippen LogP contribution in [0.2, 0.25) is 0 Å². The van der Waals surface area contributed by atoms with Gasteiger partial charge in [0, 0.05) is 12.7 Å². The molecule has 1 aromatic carbocycles. The summed E-state index contributed by atoms with van der Waals surface area (Å²) in [5, 5.41) is 8.80. The lowest BCUT2D eigenvalue weighted by Gasteiger charge is -2.15. The molecule has 0 spiro atoms. The lowest BCUT2D eigenvalue weighted by molar-refractivity contribution is 0.0696. The van der Waals surface area contributed by atoms with E-state index < -0.39 is 5.97 Å². The van der Waals surface area contributed by atoms with Gasteiger partial charge in [-0.1, -0.05) is 0 Å². The number of carboxylic acids is 1. The molecule has 0 bridgehead atoms. The molecular weight excluding hydrogens is 314 g/mol. The second kappa shape index (κ2) is 5.27. The van der Waals surface area contributed by atoms with Gasteiger partial charge >= 0.3 is 5.97 Å². The van der Waals surface area contributed by atoms with Crippen LogP contribution in [0.3, 0.4) is 0 Å². The first-order valence-electron chi connectivity index (χ1n) is 5.36. The van der Waals surface area contributed by atoms with E-state index in [1.807, 2.05) is 0 Å². The number of hydrogen-bond acceptors (Lipinski definition) is 3. The van der Waals surface area contributed by atoms with E-state index in [0.717, 1.165) is 0 Å². The number of carbonyl (C=O) groups excluding carboxylic acids is 1. The molecule has 0 radical (unpaired) electrons. The molecule has 98 valence electrons. The topological polar surface area (TPSA) is 70.8 Å². The number of carbonyl (C=O) groups is 2. The molecule has 0 saturated carbocycles. The number of amides is 1. The molecule has 0 unspecified atom stereocenters. The first kappa shape index (κ1) is 13.4. The van der Waals surface area contributed by atoms with Gasteiger partial charge in [-0.15, -0.1) is 0 Å². The lowest BCUT2D eigenvalue weighted by Crippen LogP contribution is -2.25. The smallest absolute Gasteiger partial charge is 0.335 e. The van der Waals surface area contributed by atoms with Gasteiger partial charge in [0.1, 0.15) is 0 Å². The number of nitrogens with zero attached hydrogens (tertiary/aromatic N) is 1. The predicted octanol–water partition coefficient (Wildman–Crippen LogP) is 3.02. The Hall–Kier alpha value is -2.08. The normalized spacial score (nSPS) is 10.2. The fourth-order valence-electron chi connectivity index (χ4n) is 1.54. The molecule has 1 heterocycles. The van der Waals surface area contributed by atoms with E-state index in [1.54, 1.807) is 31.3 Å². The minimum atomic E-state index is -1.00. The number of rotatable bonds is 3. The van der Waals surface area contributed by atoms with Crippen LogP contribution in [0.5, 0.6) is 0 Å². The Bertz CT molecular complexity index is 618. The maximum absolute atomic E-state index is 12.1. The number of furan rings is 1. The summed E-state index contributed by atoms with van der Waals surface area (Å²) in [5.41, 5.74) is 0.757. The van der Waals surface area contributed by atoms with Crippen LogP contribution in [0.15, 0.2) is 45.5 Å². The third-order valence-corrected chi connectivity index (χ3v) is 3.02. The summed E-state index contributed by atoms with van der Waals surface area (Å²) in [4.78, 5) is 24.2. The SMILES string of the molecule is CN(C(=O)c1ccc(Br)o1)c1ccc(C(=O)O)cc1. The van der Waals surface area contributed by atoms with E-state index in [0.29, 0.717) is 10.4 Å². The first-order chi connectivity index (χ1) is 8.99. The van der Waals surface area contributed by atoms with Crippen LogP contribution in [0.4, 0.5) is 5.69 Å². The van der Waals surface area contributed by atoms with Gasteiger partial charge in [0.05, 0.1) is 5.56 Å². The van der Waals surface area contributed by atoms with Gasteiger partial charge in [-0.2, -0.15) is 0 Å². The molecular formula is C13H10BrNO4. The summed E-state index contributed by atoms with van der Waals surface area (Å²) in [5.74, 6) is -1.11. The molecule has 5 nitrogen and oxygen atoms in total. The van der Waals surface area contributed by atoms with Crippen molar-refractivity contribution in [1.29, 1.82) is 0 Å². The fourth-order valence-corrected chi connectivity index (χ4v) is 1.85. The number of anilines is 1. The number of carboxylic acid groups (broad SMARTS) is 1. The summed E-state index contributed by atoms with van der Waals surface area (Å²) in [7, 11) is 1.59. The van der Waals surface area contributed by atoms with Gasteiger partial charge in [-0.3, -0.25) is 4.79 Å².